The number of anilines is 1. The van der Waals surface area contributed by atoms with Crippen molar-refractivity contribution >= 4 is 5.82 Å². The van der Waals surface area contributed by atoms with Gasteiger partial charge in [0, 0.05) is 19.6 Å². The minimum absolute atomic E-state index is 0.506. The highest BCUT2D eigenvalue weighted by Crippen LogP contribution is 2.17. The molecule has 5 heteroatoms. The van der Waals surface area contributed by atoms with Crippen LogP contribution in [0.15, 0.2) is 12.4 Å². The Balaban J connectivity index is 2.09. The zero-order valence-corrected chi connectivity index (χ0v) is 9.81. The molecule has 0 amide bonds. The van der Waals surface area contributed by atoms with Gasteiger partial charge < -0.3 is 15.0 Å². The van der Waals surface area contributed by atoms with E-state index < -0.39 is 0 Å². The van der Waals surface area contributed by atoms with Gasteiger partial charge in [-0.1, -0.05) is 0 Å². The fraction of sp³-hybridized carbons (Fsp3) is 0.636. The molecule has 1 aliphatic rings. The number of nitrogens with one attached hydrogen (secondary N) is 1. The summed E-state index contributed by atoms with van der Waals surface area (Å²) in [6.45, 7) is 4.65. The Labute approximate surface area is 95.8 Å². The summed E-state index contributed by atoms with van der Waals surface area (Å²) in [5.74, 6) is 1.47. The van der Waals surface area contributed by atoms with E-state index in [1.165, 1.54) is 0 Å². The van der Waals surface area contributed by atoms with Gasteiger partial charge in [0.25, 0.3) is 0 Å². The van der Waals surface area contributed by atoms with Crippen molar-refractivity contribution < 1.29 is 4.74 Å². The largest absolute Gasteiger partial charge is 0.477 e. The first-order chi connectivity index (χ1) is 7.81. The van der Waals surface area contributed by atoms with E-state index in [0.29, 0.717) is 18.5 Å². The van der Waals surface area contributed by atoms with Crippen LogP contribution in [0.3, 0.4) is 0 Å². The van der Waals surface area contributed by atoms with Crippen molar-refractivity contribution in [2.45, 2.75) is 19.4 Å². The van der Waals surface area contributed by atoms with E-state index in [1.807, 2.05) is 6.92 Å². The van der Waals surface area contributed by atoms with Crippen molar-refractivity contribution in [3.05, 3.63) is 12.4 Å². The highest BCUT2D eigenvalue weighted by molar-refractivity contribution is 5.38. The summed E-state index contributed by atoms with van der Waals surface area (Å²) in [4.78, 5) is 10.7. The molecule has 2 rings (SSSR count). The van der Waals surface area contributed by atoms with Crippen LogP contribution in [0.25, 0.3) is 0 Å². The number of hydrogen-bond acceptors (Lipinski definition) is 5. The second-order valence-electron chi connectivity index (χ2n) is 3.91. The summed E-state index contributed by atoms with van der Waals surface area (Å²) >= 11 is 0. The van der Waals surface area contributed by atoms with Crippen molar-refractivity contribution in [3.63, 3.8) is 0 Å². The second-order valence-corrected chi connectivity index (χ2v) is 3.91. The van der Waals surface area contributed by atoms with Gasteiger partial charge in [0.05, 0.1) is 19.0 Å². The lowest BCUT2D eigenvalue weighted by Gasteiger charge is -2.24. The van der Waals surface area contributed by atoms with Crippen LogP contribution in [0.5, 0.6) is 5.88 Å². The zero-order chi connectivity index (χ0) is 11.4. The lowest BCUT2D eigenvalue weighted by Crippen LogP contribution is -2.34. The van der Waals surface area contributed by atoms with E-state index in [0.717, 1.165) is 25.3 Å². The van der Waals surface area contributed by atoms with Crippen LogP contribution >= 0.6 is 0 Å². The molecule has 0 bridgehead atoms. The quantitative estimate of drug-likeness (QED) is 0.811. The van der Waals surface area contributed by atoms with Gasteiger partial charge in [-0.25, -0.2) is 0 Å². The van der Waals surface area contributed by atoms with Crippen LogP contribution in [0.2, 0.25) is 0 Å². The van der Waals surface area contributed by atoms with Gasteiger partial charge in [0.1, 0.15) is 0 Å². The zero-order valence-electron chi connectivity index (χ0n) is 9.81. The molecule has 1 fully saturated rings. The van der Waals surface area contributed by atoms with E-state index >= 15 is 0 Å². The van der Waals surface area contributed by atoms with Crippen LogP contribution in [0, 0.1) is 0 Å². The summed E-state index contributed by atoms with van der Waals surface area (Å²) in [6, 6.07) is 0.506. The van der Waals surface area contributed by atoms with Crippen molar-refractivity contribution in [1.82, 2.24) is 15.3 Å². The fourth-order valence-corrected chi connectivity index (χ4v) is 1.88. The molecule has 0 spiro atoms. The minimum atomic E-state index is 0.506. The molecule has 1 saturated heterocycles. The third-order valence-electron chi connectivity index (χ3n) is 2.84. The molecular formula is C11H18N4O. The SMILES string of the molecule is CCOc1cncc(N(C)C2CCNC2)n1. The molecule has 0 radical (unpaired) electrons. The molecule has 1 aliphatic heterocycles. The Morgan fingerprint density at radius 2 is 2.44 bits per heavy atom. The third kappa shape index (κ3) is 2.41. The normalized spacial score (nSPS) is 19.8. The highest BCUT2D eigenvalue weighted by atomic mass is 16.5. The molecule has 0 aliphatic carbocycles. The van der Waals surface area contributed by atoms with E-state index in [4.69, 9.17) is 4.74 Å². The van der Waals surface area contributed by atoms with Crippen molar-refractivity contribution in [2.75, 3.05) is 31.6 Å². The molecule has 1 atom stereocenters. The predicted octanol–water partition coefficient (Wildman–Crippen LogP) is 0.673. The maximum Gasteiger partial charge on any atom is 0.234 e. The van der Waals surface area contributed by atoms with Gasteiger partial charge in [-0.05, 0) is 19.9 Å². The molecule has 1 aromatic rings. The monoisotopic (exact) mass is 222 g/mol. The second kappa shape index (κ2) is 5.12. The summed E-state index contributed by atoms with van der Waals surface area (Å²) < 4.78 is 5.34. The first-order valence-corrected chi connectivity index (χ1v) is 5.69. The van der Waals surface area contributed by atoms with E-state index in [9.17, 15) is 0 Å². The topological polar surface area (TPSA) is 50.3 Å². The standard InChI is InChI=1S/C11H18N4O/c1-3-16-11-8-13-7-10(14-11)15(2)9-4-5-12-6-9/h7-9,12H,3-6H2,1-2H3. The molecule has 1 unspecified atom stereocenters. The number of rotatable bonds is 4. The molecular weight excluding hydrogens is 204 g/mol. The summed E-state index contributed by atoms with van der Waals surface area (Å²) in [6.07, 6.45) is 4.58. The Morgan fingerprint density at radius 1 is 1.56 bits per heavy atom. The van der Waals surface area contributed by atoms with Gasteiger partial charge in [0.2, 0.25) is 5.88 Å². The molecule has 16 heavy (non-hydrogen) atoms. The average Bonchev–Trinajstić information content (AvgIpc) is 2.82. The van der Waals surface area contributed by atoms with E-state index in [-0.39, 0.29) is 0 Å². The Morgan fingerprint density at radius 3 is 3.12 bits per heavy atom. The van der Waals surface area contributed by atoms with E-state index in [1.54, 1.807) is 12.4 Å². The number of ether oxygens (including phenoxy) is 1. The van der Waals surface area contributed by atoms with Gasteiger partial charge in [-0.15, -0.1) is 0 Å². The van der Waals surface area contributed by atoms with Gasteiger partial charge >= 0.3 is 0 Å². The molecule has 1 aromatic heterocycles. The first-order valence-electron chi connectivity index (χ1n) is 5.69. The van der Waals surface area contributed by atoms with Crippen LogP contribution in [-0.2, 0) is 0 Å². The lowest BCUT2D eigenvalue weighted by atomic mass is 10.2. The highest BCUT2D eigenvalue weighted by Gasteiger charge is 2.20. The van der Waals surface area contributed by atoms with Crippen molar-refractivity contribution in [1.29, 1.82) is 0 Å². The first kappa shape index (κ1) is 11.1. The number of hydrogen-bond donors (Lipinski definition) is 1. The average molecular weight is 222 g/mol. The Bertz CT molecular complexity index is 339. The van der Waals surface area contributed by atoms with Crippen molar-refractivity contribution in [2.24, 2.45) is 0 Å². The molecule has 0 aromatic carbocycles. The van der Waals surface area contributed by atoms with Gasteiger partial charge in [-0.2, -0.15) is 4.98 Å². The number of aromatic nitrogens is 2. The van der Waals surface area contributed by atoms with Gasteiger partial charge in [0.15, 0.2) is 5.82 Å². The van der Waals surface area contributed by atoms with Gasteiger partial charge in [-0.3, -0.25) is 4.98 Å². The maximum absolute atomic E-state index is 5.34. The summed E-state index contributed by atoms with van der Waals surface area (Å²) in [5, 5.41) is 3.34. The van der Waals surface area contributed by atoms with Crippen LogP contribution in [0.1, 0.15) is 13.3 Å². The third-order valence-corrected chi connectivity index (χ3v) is 2.84. The number of nitrogens with zero attached hydrogens (tertiary/aromatic N) is 3. The molecule has 88 valence electrons. The smallest absolute Gasteiger partial charge is 0.234 e. The fourth-order valence-electron chi connectivity index (χ4n) is 1.88. The van der Waals surface area contributed by atoms with Crippen LogP contribution < -0.4 is 15.0 Å². The lowest BCUT2D eigenvalue weighted by molar-refractivity contribution is 0.325. The molecule has 0 saturated carbocycles. The summed E-state index contributed by atoms with van der Waals surface area (Å²) in [5.41, 5.74) is 0. The Hall–Kier alpha value is -1.36. The Kier molecular flexibility index (Phi) is 3.56. The van der Waals surface area contributed by atoms with Crippen LogP contribution in [-0.4, -0.2) is 42.8 Å². The summed E-state index contributed by atoms with van der Waals surface area (Å²) in [7, 11) is 2.05. The molecule has 1 N–H and O–H groups in total. The number of likely N-dealkylation sites (N-methyl/N-ethyl adjacent to an activating group) is 1. The molecule has 2 heterocycles. The molecule has 5 nitrogen and oxygen atoms in total. The van der Waals surface area contributed by atoms with Crippen LogP contribution in [0.4, 0.5) is 5.82 Å². The predicted molar refractivity (Wildman–Crippen MR) is 62.9 cm³/mol. The van der Waals surface area contributed by atoms with Crippen molar-refractivity contribution in [3.8, 4) is 5.88 Å². The maximum atomic E-state index is 5.34. The minimum Gasteiger partial charge on any atom is -0.477 e. The van der Waals surface area contributed by atoms with E-state index in [2.05, 4.69) is 27.2 Å².